The third-order valence-corrected chi connectivity index (χ3v) is 2.92. The van der Waals surface area contributed by atoms with E-state index in [9.17, 15) is 0 Å². The molecule has 2 rings (SSSR count). The topological polar surface area (TPSA) is 55.0 Å². The summed E-state index contributed by atoms with van der Waals surface area (Å²) in [7, 11) is 0. The van der Waals surface area contributed by atoms with Crippen molar-refractivity contribution in [2.45, 2.75) is 39.2 Å². The molecule has 1 aromatic rings. The summed E-state index contributed by atoms with van der Waals surface area (Å²) in [4.78, 5) is 11.3. The zero-order chi connectivity index (χ0) is 11.7. The maximum Gasteiger partial charge on any atom is 0.133 e. The Morgan fingerprint density at radius 1 is 1.44 bits per heavy atom. The van der Waals surface area contributed by atoms with Crippen LogP contribution >= 0.6 is 0 Å². The van der Waals surface area contributed by atoms with Gasteiger partial charge in [-0.2, -0.15) is 0 Å². The van der Waals surface area contributed by atoms with Crippen LogP contribution in [0.1, 0.15) is 37.7 Å². The molecule has 1 aliphatic heterocycles. The van der Waals surface area contributed by atoms with Gasteiger partial charge < -0.3 is 10.6 Å². The number of aromatic nitrogens is 2. The van der Waals surface area contributed by atoms with Crippen molar-refractivity contribution >= 4 is 5.82 Å². The number of rotatable bonds is 2. The van der Waals surface area contributed by atoms with Gasteiger partial charge in [0.1, 0.15) is 11.6 Å². The Labute approximate surface area is 96.9 Å². The van der Waals surface area contributed by atoms with Crippen LogP contribution in [0.2, 0.25) is 0 Å². The van der Waals surface area contributed by atoms with Gasteiger partial charge in [0.2, 0.25) is 0 Å². The lowest BCUT2D eigenvalue weighted by Crippen LogP contribution is -2.27. The van der Waals surface area contributed by atoms with Crippen molar-refractivity contribution in [3.05, 3.63) is 17.6 Å². The van der Waals surface area contributed by atoms with Crippen LogP contribution in [-0.4, -0.2) is 29.1 Å². The summed E-state index contributed by atoms with van der Waals surface area (Å²) in [6.07, 6.45) is 1.06. The second-order valence-electron chi connectivity index (χ2n) is 4.88. The van der Waals surface area contributed by atoms with Crippen molar-refractivity contribution in [2.75, 3.05) is 18.0 Å². The second-order valence-corrected chi connectivity index (χ2v) is 4.88. The first-order valence-corrected chi connectivity index (χ1v) is 5.92. The van der Waals surface area contributed by atoms with Gasteiger partial charge in [-0.15, -0.1) is 0 Å². The molecule has 1 saturated heterocycles. The molecule has 1 aromatic heterocycles. The van der Waals surface area contributed by atoms with Gasteiger partial charge in [0, 0.05) is 36.8 Å². The maximum absolute atomic E-state index is 5.91. The number of nitrogens with two attached hydrogens (primary N) is 1. The Hall–Kier alpha value is -1.16. The lowest BCUT2D eigenvalue weighted by molar-refractivity contribution is 0.743. The smallest absolute Gasteiger partial charge is 0.133 e. The number of anilines is 1. The number of hydrogen-bond acceptors (Lipinski definition) is 4. The zero-order valence-electron chi connectivity index (χ0n) is 10.3. The fourth-order valence-corrected chi connectivity index (χ4v) is 1.99. The van der Waals surface area contributed by atoms with E-state index in [1.807, 2.05) is 13.0 Å². The van der Waals surface area contributed by atoms with Crippen LogP contribution in [0.5, 0.6) is 0 Å². The highest BCUT2D eigenvalue weighted by atomic mass is 15.2. The Kier molecular flexibility index (Phi) is 3.10. The van der Waals surface area contributed by atoms with E-state index in [0.717, 1.165) is 36.8 Å². The molecule has 0 bridgehead atoms. The van der Waals surface area contributed by atoms with E-state index >= 15 is 0 Å². The van der Waals surface area contributed by atoms with Gasteiger partial charge in [0.15, 0.2) is 0 Å². The summed E-state index contributed by atoms with van der Waals surface area (Å²) in [6.45, 7) is 8.18. The summed E-state index contributed by atoms with van der Waals surface area (Å²) in [5, 5.41) is 0. The van der Waals surface area contributed by atoms with Crippen LogP contribution in [0.15, 0.2) is 6.07 Å². The third-order valence-electron chi connectivity index (χ3n) is 2.92. The van der Waals surface area contributed by atoms with Gasteiger partial charge in [-0.3, -0.25) is 0 Å². The quantitative estimate of drug-likeness (QED) is 0.819. The second kappa shape index (κ2) is 4.37. The highest BCUT2D eigenvalue weighted by molar-refractivity contribution is 5.41. The first-order chi connectivity index (χ1) is 7.56. The Morgan fingerprint density at radius 3 is 2.75 bits per heavy atom. The SMILES string of the molecule is Cc1cc(N2CC[C@@H](N)C2)nc(C(C)C)n1. The molecule has 88 valence electrons. The predicted molar refractivity (Wildman–Crippen MR) is 65.7 cm³/mol. The van der Waals surface area contributed by atoms with Gasteiger partial charge in [0.05, 0.1) is 0 Å². The maximum atomic E-state index is 5.91. The summed E-state index contributed by atoms with van der Waals surface area (Å²) in [6, 6.07) is 2.34. The molecule has 2 N–H and O–H groups in total. The van der Waals surface area contributed by atoms with E-state index in [0.29, 0.717) is 5.92 Å². The van der Waals surface area contributed by atoms with Crippen molar-refractivity contribution in [3.8, 4) is 0 Å². The normalized spacial score (nSPS) is 20.8. The van der Waals surface area contributed by atoms with Gasteiger partial charge >= 0.3 is 0 Å². The van der Waals surface area contributed by atoms with E-state index < -0.39 is 0 Å². The zero-order valence-corrected chi connectivity index (χ0v) is 10.3. The molecule has 0 aliphatic carbocycles. The van der Waals surface area contributed by atoms with Crippen LogP contribution in [0.25, 0.3) is 0 Å². The molecule has 0 amide bonds. The summed E-state index contributed by atoms with van der Waals surface area (Å²) < 4.78 is 0. The first kappa shape index (κ1) is 11.3. The molecule has 4 heteroatoms. The van der Waals surface area contributed by atoms with Crippen molar-refractivity contribution in [3.63, 3.8) is 0 Å². The molecule has 1 aliphatic rings. The minimum atomic E-state index is 0.290. The van der Waals surface area contributed by atoms with Crippen molar-refractivity contribution < 1.29 is 0 Å². The van der Waals surface area contributed by atoms with Gasteiger partial charge in [0.25, 0.3) is 0 Å². The average molecular weight is 220 g/mol. The lowest BCUT2D eigenvalue weighted by atomic mass is 10.2. The predicted octanol–water partition coefficient (Wildman–Crippen LogP) is 1.45. The Morgan fingerprint density at radius 2 is 2.19 bits per heavy atom. The molecule has 2 heterocycles. The van der Waals surface area contributed by atoms with Crippen LogP contribution in [0, 0.1) is 6.92 Å². The van der Waals surface area contributed by atoms with Crippen LogP contribution in [0.4, 0.5) is 5.82 Å². The molecule has 0 spiro atoms. The molecule has 0 aromatic carbocycles. The molecule has 1 fully saturated rings. The monoisotopic (exact) mass is 220 g/mol. The van der Waals surface area contributed by atoms with Gasteiger partial charge in [-0.1, -0.05) is 13.8 Å². The first-order valence-electron chi connectivity index (χ1n) is 5.92. The molecule has 1 atom stereocenters. The van der Waals surface area contributed by atoms with Crippen LogP contribution in [-0.2, 0) is 0 Å². The van der Waals surface area contributed by atoms with Crippen LogP contribution < -0.4 is 10.6 Å². The average Bonchev–Trinajstić information content (AvgIpc) is 2.64. The summed E-state index contributed by atoms with van der Waals surface area (Å²) in [5.41, 5.74) is 6.95. The van der Waals surface area contributed by atoms with E-state index in [-0.39, 0.29) is 6.04 Å². The lowest BCUT2D eigenvalue weighted by Gasteiger charge is -2.18. The largest absolute Gasteiger partial charge is 0.355 e. The molecule has 0 unspecified atom stereocenters. The minimum Gasteiger partial charge on any atom is -0.355 e. The van der Waals surface area contributed by atoms with E-state index in [2.05, 4.69) is 28.7 Å². The summed E-state index contributed by atoms with van der Waals surface area (Å²) >= 11 is 0. The standard InChI is InChI=1S/C12H20N4/c1-8(2)12-14-9(3)6-11(15-12)16-5-4-10(13)7-16/h6,8,10H,4-5,7,13H2,1-3H3/t10-/m1/s1. The molecular weight excluding hydrogens is 200 g/mol. The van der Waals surface area contributed by atoms with E-state index in [1.165, 1.54) is 0 Å². The molecule has 0 radical (unpaired) electrons. The Bertz CT molecular complexity index is 375. The number of aryl methyl sites for hydroxylation is 1. The fraction of sp³-hybridized carbons (Fsp3) is 0.667. The molecule has 0 saturated carbocycles. The summed E-state index contributed by atoms with van der Waals surface area (Å²) in [5.74, 6) is 2.33. The van der Waals surface area contributed by atoms with Crippen molar-refractivity contribution in [1.82, 2.24) is 9.97 Å². The minimum absolute atomic E-state index is 0.290. The number of hydrogen-bond donors (Lipinski definition) is 1. The van der Waals surface area contributed by atoms with Gasteiger partial charge in [-0.05, 0) is 13.3 Å². The van der Waals surface area contributed by atoms with Crippen molar-refractivity contribution in [1.29, 1.82) is 0 Å². The molecule has 4 nitrogen and oxygen atoms in total. The van der Waals surface area contributed by atoms with Gasteiger partial charge in [-0.25, -0.2) is 9.97 Å². The van der Waals surface area contributed by atoms with Crippen LogP contribution in [0.3, 0.4) is 0 Å². The Balaban J connectivity index is 2.27. The van der Waals surface area contributed by atoms with Crippen molar-refractivity contribution in [2.24, 2.45) is 5.73 Å². The van der Waals surface area contributed by atoms with E-state index in [1.54, 1.807) is 0 Å². The highest BCUT2D eigenvalue weighted by Gasteiger charge is 2.21. The molecular formula is C12H20N4. The number of nitrogens with zero attached hydrogens (tertiary/aromatic N) is 3. The third kappa shape index (κ3) is 2.32. The fourth-order valence-electron chi connectivity index (χ4n) is 1.99. The van der Waals surface area contributed by atoms with E-state index in [4.69, 9.17) is 5.73 Å². The highest BCUT2D eigenvalue weighted by Crippen LogP contribution is 2.20. The molecule has 16 heavy (non-hydrogen) atoms.